The van der Waals surface area contributed by atoms with E-state index in [0.717, 1.165) is 11.1 Å². The third-order valence-corrected chi connectivity index (χ3v) is 11.2. The molecule has 0 radical (unpaired) electrons. The van der Waals surface area contributed by atoms with Crippen molar-refractivity contribution in [2.24, 2.45) is 17.8 Å². The van der Waals surface area contributed by atoms with E-state index in [1.165, 1.54) is 4.31 Å². The summed E-state index contributed by atoms with van der Waals surface area (Å²) >= 11 is 12.5. The zero-order chi connectivity index (χ0) is 28.5. The monoisotopic (exact) mass is 595 g/mol. The Hall–Kier alpha value is -2.17. The summed E-state index contributed by atoms with van der Waals surface area (Å²) in [6, 6.07) is 13.8. The molecule has 1 aliphatic carbocycles. The van der Waals surface area contributed by atoms with Crippen LogP contribution in [0.1, 0.15) is 62.6 Å². The first-order valence-corrected chi connectivity index (χ1v) is 15.4. The maximum absolute atomic E-state index is 13.4. The van der Waals surface area contributed by atoms with Gasteiger partial charge in [-0.15, -0.1) is 0 Å². The van der Waals surface area contributed by atoms with Crippen molar-refractivity contribution < 1.29 is 23.2 Å². The molecule has 1 saturated heterocycles. The van der Waals surface area contributed by atoms with Crippen molar-refractivity contribution in [1.29, 1.82) is 0 Å². The molecule has 3 unspecified atom stereocenters. The average molecular weight is 597 g/mol. The lowest BCUT2D eigenvalue weighted by molar-refractivity contribution is -0.137. The van der Waals surface area contributed by atoms with Gasteiger partial charge < -0.3 is 5.32 Å². The smallest absolute Gasteiger partial charge is 0.244 e. The summed E-state index contributed by atoms with van der Waals surface area (Å²) in [5.74, 6) is -2.12. The molecule has 2 aromatic carbocycles. The summed E-state index contributed by atoms with van der Waals surface area (Å²) in [4.78, 5) is 25.1. The standard InChI is InChI=1S/C28H35Cl2N3O5S/c1-16(17(2)27(18-7-9-21(29)10-8-18)33(3)39(37,38)23-11-12-23)26-24(19-5-4-6-22(30)13-19)14-20(28(35)31-26)15-25(34)32-36/h4-10,13,16-17,20,23-24,26-27,36H,11-12,14-15H2,1-3H3,(H,31,35)(H,32,34)/t16?,17?,20-,24-,26+,27?/m1/s1. The number of amides is 2. The van der Waals surface area contributed by atoms with Gasteiger partial charge in [-0.2, -0.15) is 4.31 Å². The lowest BCUT2D eigenvalue weighted by Crippen LogP contribution is -2.54. The first-order valence-electron chi connectivity index (χ1n) is 13.1. The molecular formula is C28H35Cl2N3O5S. The van der Waals surface area contributed by atoms with E-state index in [0.29, 0.717) is 29.3 Å². The minimum atomic E-state index is -3.51. The molecule has 212 valence electrons. The molecule has 2 amide bonds. The van der Waals surface area contributed by atoms with Gasteiger partial charge in [0.1, 0.15) is 0 Å². The molecule has 2 aromatic rings. The Morgan fingerprint density at radius 3 is 2.38 bits per heavy atom. The predicted molar refractivity (Wildman–Crippen MR) is 151 cm³/mol. The molecular weight excluding hydrogens is 561 g/mol. The third kappa shape index (κ3) is 6.60. The van der Waals surface area contributed by atoms with Gasteiger partial charge in [-0.25, -0.2) is 13.9 Å². The molecule has 0 bridgehead atoms. The van der Waals surface area contributed by atoms with Gasteiger partial charge in [0.2, 0.25) is 21.8 Å². The van der Waals surface area contributed by atoms with Gasteiger partial charge in [-0.3, -0.25) is 14.8 Å². The highest BCUT2D eigenvalue weighted by atomic mass is 35.5. The topological polar surface area (TPSA) is 116 Å². The number of hydroxylamine groups is 1. The van der Waals surface area contributed by atoms with E-state index in [1.54, 1.807) is 30.7 Å². The molecule has 39 heavy (non-hydrogen) atoms. The molecule has 1 aliphatic heterocycles. The minimum Gasteiger partial charge on any atom is -0.352 e. The third-order valence-electron chi connectivity index (χ3n) is 8.33. The van der Waals surface area contributed by atoms with Crippen molar-refractivity contribution in [2.45, 2.75) is 62.8 Å². The van der Waals surface area contributed by atoms with Crippen LogP contribution in [-0.2, 0) is 19.6 Å². The Bertz CT molecular complexity index is 1300. The molecule has 2 aliphatic rings. The maximum Gasteiger partial charge on any atom is 0.244 e. The number of benzene rings is 2. The number of hydrogen-bond donors (Lipinski definition) is 3. The number of piperidine rings is 1. The van der Waals surface area contributed by atoms with Crippen molar-refractivity contribution in [3.63, 3.8) is 0 Å². The van der Waals surface area contributed by atoms with Crippen LogP contribution in [0, 0.1) is 17.8 Å². The largest absolute Gasteiger partial charge is 0.352 e. The van der Waals surface area contributed by atoms with Gasteiger partial charge in [0.05, 0.1) is 11.3 Å². The Kier molecular flexibility index (Phi) is 9.28. The number of rotatable bonds is 10. The molecule has 4 rings (SSSR count). The van der Waals surface area contributed by atoms with Crippen LogP contribution in [0.25, 0.3) is 0 Å². The van der Waals surface area contributed by atoms with Gasteiger partial charge in [-0.1, -0.05) is 61.3 Å². The van der Waals surface area contributed by atoms with Crippen LogP contribution in [-0.4, -0.2) is 48.1 Å². The summed E-state index contributed by atoms with van der Waals surface area (Å²) in [5, 5.41) is 12.9. The van der Waals surface area contributed by atoms with E-state index in [-0.39, 0.29) is 41.4 Å². The second-order valence-corrected chi connectivity index (χ2v) is 14.0. The zero-order valence-corrected chi connectivity index (χ0v) is 24.5. The fraction of sp³-hybridized carbons (Fsp3) is 0.500. The zero-order valence-electron chi connectivity index (χ0n) is 22.2. The summed E-state index contributed by atoms with van der Waals surface area (Å²) < 4.78 is 28.3. The van der Waals surface area contributed by atoms with E-state index in [4.69, 9.17) is 28.4 Å². The number of sulfonamides is 1. The normalized spacial score (nSPS) is 24.1. The quantitative estimate of drug-likeness (QED) is 0.266. The molecule has 0 aromatic heterocycles. The number of carbonyl (C=O) groups excluding carboxylic acids is 2. The molecule has 8 nitrogen and oxygen atoms in total. The van der Waals surface area contributed by atoms with Crippen LogP contribution in [0.4, 0.5) is 0 Å². The Morgan fingerprint density at radius 1 is 1.13 bits per heavy atom. The first kappa shape index (κ1) is 29.8. The molecule has 1 heterocycles. The van der Waals surface area contributed by atoms with E-state index in [1.807, 2.05) is 44.2 Å². The van der Waals surface area contributed by atoms with E-state index in [9.17, 15) is 18.0 Å². The second-order valence-electron chi connectivity index (χ2n) is 10.8. The predicted octanol–water partition coefficient (Wildman–Crippen LogP) is 4.91. The van der Waals surface area contributed by atoms with Crippen LogP contribution in [0.2, 0.25) is 10.0 Å². The average Bonchev–Trinajstić information content (AvgIpc) is 3.76. The van der Waals surface area contributed by atoms with Crippen molar-refractivity contribution in [2.75, 3.05) is 7.05 Å². The Labute approximate surface area is 240 Å². The lowest BCUT2D eigenvalue weighted by Gasteiger charge is -2.44. The fourth-order valence-electron chi connectivity index (χ4n) is 5.85. The number of hydrogen-bond acceptors (Lipinski definition) is 5. The van der Waals surface area contributed by atoms with Crippen LogP contribution in [0.3, 0.4) is 0 Å². The summed E-state index contributed by atoms with van der Waals surface area (Å²) in [7, 11) is -1.88. The van der Waals surface area contributed by atoms with Gasteiger partial charge in [0.25, 0.3) is 0 Å². The van der Waals surface area contributed by atoms with Crippen molar-refractivity contribution in [3.05, 3.63) is 69.7 Å². The maximum atomic E-state index is 13.4. The van der Waals surface area contributed by atoms with Crippen molar-refractivity contribution in [1.82, 2.24) is 15.1 Å². The number of carbonyl (C=O) groups is 2. The highest BCUT2D eigenvalue weighted by Crippen LogP contribution is 2.44. The van der Waals surface area contributed by atoms with Gasteiger partial charge in [-0.05, 0) is 66.5 Å². The molecule has 0 spiro atoms. The number of halogens is 2. The van der Waals surface area contributed by atoms with E-state index in [2.05, 4.69) is 5.32 Å². The summed E-state index contributed by atoms with van der Waals surface area (Å²) in [6.07, 6.45) is 1.54. The molecule has 6 atom stereocenters. The highest BCUT2D eigenvalue weighted by Gasteiger charge is 2.46. The SMILES string of the molecule is CC(C(C)[C@@H]1NC(=O)[C@@H](CC(=O)NO)C[C@@H]1c1cccc(Cl)c1)C(c1ccc(Cl)cc1)N(C)S(=O)(=O)C1CC1. The van der Waals surface area contributed by atoms with Crippen LogP contribution in [0.15, 0.2) is 48.5 Å². The minimum absolute atomic E-state index is 0.147. The van der Waals surface area contributed by atoms with Crippen LogP contribution in [0.5, 0.6) is 0 Å². The Morgan fingerprint density at radius 2 is 1.79 bits per heavy atom. The molecule has 1 saturated carbocycles. The summed E-state index contributed by atoms with van der Waals surface area (Å²) in [6.45, 7) is 4.03. The van der Waals surface area contributed by atoms with Crippen molar-refractivity contribution in [3.8, 4) is 0 Å². The summed E-state index contributed by atoms with van der Waals surface area (Å²) in [5.41, 5.74) is 3.36. The van der Waals surface area contributed by atoms with Gasteiger partial charge >= 0.3 is 0 Å². The van der Waals surface area contributed by atoms with Crippen LogP contribution >= 0.6 is 23.2 Å². The first-order chi connectivity index (χ1) is 18.4. The lowest BCUT2D eigenvalue weighted by atomic mass is 9.70. The fourth-order valence-corrected chi connectivity index (χ4v) is 8.00. The van der Waals surface area contributed by atoms with Gasteiger partial charge in [0.15, 0.2) is 0 Å². The number of nitrogens with one attached hydrogen (secondary N) is 2. The molecule has 11 heteroatoms. The van der Waals surface area contributed by atoms with E-state index >= 15 is 0 Å². The molecule has 2 fully saturated rings. The highest BCUT2D eigenvalue weighted by molar-refractivity contribution is 7.90. The van der Waals surface area contributed by atoms with Crippen LogP contribution < -0.4 is 10.8 Å². The molecule has 3 N–H and O–H groups in total. The number of nitrogens with zero attached hydrogens (tertiary/aromatic N) is 1. The van der Waals surface area contributed by atoms with E-state index < -0.39 is 27.9 Å². The Balaban J connectivity index is 1.70. The van der Waals surface area contributed by atoms with Gasteiger partial charge in [0, 0.05) is 41.4 Å². The van der Waals surface area contributed by atoms with Crippen molar-refractivity contribution >= 4 is 45.0 Å². The second kappa shape index (κ2) is 12.1.